The van der Waals surface area contributed by atoms with E-state index < -0.39 is 5.91 Å². The van der Waals surface area contributed by atoms with Crippen LogP contribution in [0, 0.1) is 5.82 Å². The molecule has 2 rings (SSSR count). The largest absolute Gasteiger partial charge is 0.344 e. The maximum absolute atomic E-state index is 12.9. The van der Waals surface area contributed by atoms with Crippen LogP contribution in [-0.4, -0.2) is 10.9 Å². The van der Waals surface area contributed by atoms with Gasteiger partial charge >= 0.3 is 0 Å². The third-order valence-corrected chi connectivity index (χ3v) is 4.05. The molecule has 4 nitrogen and oxygen atoms in total. The molecule has 0 aliphatic rings. The summed E-state index contributed by atoms with van der Waals surface area (Å²) in [4.78, 5) is 19.5. The Bertz CT molecular complexity index is 582. The SMILES string of the molecule is O=C(NOCc1cccc(F)c1)c1cc(Br)c(Br)[nH]1. The molecule has 0 spiro atoms. The molecular weight excluding hydrogens is 383 g/mol. The molecule has 7 heteroatoms. The Hall–Kier alpha value is -1.18. The Morgan fingerprint density at radius 1 is 1.37 bits per heavy atom. The fraction of sp³-hybridized carbons (Fsp3) is 0.0833. The summed E-state index contributed by atoms with van der Waals surface area (Å²) in [5.74, 6) is -0.757. The fourth-order valence-corrected chi connectivity index (χ4v) is 2.05. The summed E-state index contributed by atoms with van der Waals surface area (Å²) in [6, 6.07) is 7.58. The fourth-order valence-electron chi connectivity index (χ4n) is 1.39. The van der Waals surface area contributed by atoms with E-state index in [0.717, 1.165) is 4.47 Å². The first-order valence-corrected chi connectivity index (χ1v) is 6.85. The van der Waals surface area contributed by atoms with Gasteiger partial charge in [-0.05, 0) is 55.6 Å². The maximum atomic E-state index is 12.9. The van der Waals surface area contributed by atoms with Crippen molar-refractivity contribution in [1.82, 2.24) is 10.5 Å². The van der Waals surface area contributed by atoms with Crippen molar-refractivity contribution in [1.29, 1.82) is 0 Å². The minimum absolute atomic E-state index is 0.0898. The molecule has 0 aliphatic carbocycles. The van der Waals surface area contributed by atoms with Crippen LogP contribution in [0.25, 0.3) is 0 Å². The molecule has 1 amide bonds. The van der Waals surface area contributed by atoms with Gasteiger partial charge in [-0.1, -0.05) is 12.1 Å². The second-order valence-electron chi connectivity index (χ2n) is 3.69. The van der Waals surface area contributed by atoms with Crippen molar-refractivity contribution in [2.45, 2.75) is 6.61 Å². The predicted molar refractivity (Wildman–Crippen MR) is 74.8 cm³/mol. The molecule has 0 fully saturated rings. The van der Waals surface area contributed by atoms with Crippen molar-refractivity contribution < 1.29 is 14.0 Å². The van der Waals surface area contributed by atoms with Gasteiger partial charge in [-0.25, -0.2) is 9.87 Å². The molecule has 1 aromatic carbocycles. The van der Waals surface area contributed by atoms with E-state index >= 15 is 0 Å². The van der Waals surface area contributed by atoms with E-state index in [4.69, 9.17) is 4.84 Å². The third kappa shape index (κ3) is 3.89. The molecule has 19 heavy (non-hydrogen) atoms. The number of hydrogen-bond donors (Lipinski definition) is 2. The molecule has 2 aromatic rings. The zero-order valence-corrected chi connectivity index (χ0v) is 12.7. The summed E-state index contributed by atoms with van der Waals surface area (Å²) < 4.78 is 14.3. The van der Waals surface area contributed by atoms with Crippen molar-refractivity contribution in [2.24, 2.45) is 0 Å². The van der Waals surface area contributed by atoms with Gasteiger partial charge in [-0.15, -0.1) is 0 Å². The Balaban J connectivity index is 1.87. The lowest BCUT2D eigenvalue weighted by molar-refractivity contribution is 0.0229. The van der Waals surface area contributed by atoms with Crippen LogP contribution in [-0.2, 0) is 11.4 Å². The Morgan fingerprint density at radius 3 is 2.79 bits per heavy atom. The smallest absolute Gasteiger partial charge is 0.291 e. The first-order chi connectivity index (χ1) is 9.06. The minimum atomic E-state index is -0.414. The summed E-state index contributed by atoms with van der Waals surface area (Å²) in [5, 5.41) is 0. The highest BCUT2D eigenvalue weighted by Crippen LogP contribution is 2.22. The van der Waals surface area contributed by atoms with Gasteiger partial charge in [-0.2, -0.15) is 0 Å². The summed E-state index contributed by atoms with van der Waals surface area (Å²) in [6.45, 7) is 0.0898. The quantitative estimate of drug-likeness (QED) is 0.783. The topological polar surface area (TPSA) is 54.1 Å². The van der Waals surface area contributed by atoms with Gasteiger partial charge in [0.25, 0.3) is 5.91 Å². The first kappa shape index (κ1) is 14.2. The molecule has 0 saturated heterocycles. The van der Waals surface area contributed by atoms with Crippen molar-refractivity contribution in [3.63, 3.8) is 0 Å². The number of aromatic amines is 1. The average Bonchev–Trinajstić information content (AvgIpc) is 2.70. The maximum Gasteiger partial charge on any atom is 0.291 e. The van der Waals surface area contributed by atoms with Crippen LogP contribution in [0.4, 0.5) is 4.39 Å². The van der Waals surface area contributed by atoms with Crippen LogP contribution in [0.15, 0.2) is 39.4 Å². The van der Waals surface area contributed by atoms with E-state index in [1.54, 1.807) is 18.2 Å². The number of carbonyl (C=O) groups is 1. The van der Waals surface area contributed by atoms with Crippen molar-refractivity contribution in [2.75, 3.05) is 0 Å². The number of carbonyl (C=O) groups excluding carboxylic acids is 1. The van der Waals surface area contributed by atoms with Gasteiger partial charge in [-0.3, -0.25) is 9.63 Å². The van der Waals surface area contributed by atoms with Gasteiger partial charge in [0.2, 0.25) is 0 Å². The first-order valence-electron chi connectivity index (χ1n) is 5.27. The molecule has 2 N–H and O–H groups in total. The zero-order valence-electron chi connectivity index (χ0n) is 9.54. The van der Waals surface area contributed by atoms with Crippen LogP contribution >= 0.6 is 31.9 Å². The number of rotatable bonds is 4. The van der Waals surface area contributed by atoms with Crippen LogP contribution in [0.1, 0.15) is 16.1 Å². The molecule has 1 heterocycles. The van der Waals surface area contributed by atoms with E-state index in [1.807, 2.05) is 0 Å². The van der Waals surface area contributed by atoms with Gasteiger partial charge in [0.1, 0.15) is 11.5 Å². The second kappa shape index (κ2) is 6.31. The number of halogens is 3. The number of benzene rings is 1. The van der Waals surface area contributed by atoms with E-state index in [-0.39, 0.29) is 12.4 Å². The predicted octanol–water partition coefficient (Wildman–Crippen LogP) is 3.54. The molecule has 0 aliphatic heterocycles. The normalized spacial score (nSPS) is 10.5. The number of aromatic nitrogens is 1. The van der Waals surface area contributed by atoms with E-state index in [1.165, 1.54) is 12.1 Å². The molecule has 1 aromatic heterocycles. The highest BCUT2D eigenvalue weighted by molar-refractivity contribution is 9.13. The van der Waals surface area contributed by atoms with E-state index in [0.29, 0.717) is 15.9 Å². The molecule has 0 unspecified atom stereocenters. The third-order valence-electron chi connectivity index (χ3n) is 2.26. The van der Waals surface area contributed by atoms with Crippen molar-refractivity contribution in [3.05, 3.63) is 56.5 Å². The van der Waals surface area contributed by atoms with Gasteiger partial charge in [0.05, 0.1) is 15.7 Å². The Kier molecular flexibility index (Phi) is 4.73. The molecular formula is C12H9Br2FN2O2. The van der Waals surface area contributed by atoms with E-state index in [9.17, 15) is 9.18 Å². The lowest BCUT2D eigenvalue weighted by Crippen LogP contribution is -2.23. The van der Waals surface area contributed by atoms with Crippen molar-refractivity contribution >= 4 is 37.8 Å². The summed E-state index contributed by atoms with van der Waals surface area (Å²) >= 11 is 6.49. The number of hydroxylamine groups is 1. The van der Waals surface area contributed by atoms with Crippen LogP contribution in [0.3, 0.4) is 0 Å². The van der Waals surface area contributed by atoms with Crippen LogP contribution < -0.4 is 5.48 Å². The number of H-pyrrole nitrogens is 1. The molecule has 0 bridgehead atoms. The van der Waals surface area contributed by atoms with Crippen molar-refractivity contribution in [3.8, 4) is 0 Å². The summed E-state index contributed by atoms with van der Waals surface area (Å²) in [6.07, 6.45) is 0. The number of amides is 1. The Morgan fingerprint density at radius 2 is 2.16 bits per heavy atom. The summed E-state index contributed by atoms with van der Waals surface area (Å²) in [7, 11) is 0. The van der Waals surface area contributed by atoms with E-state index in [2.05, 4.69) is 42.3 Å². The van der Waals surface area contributed by atoms with Crippen LogP contribution in [0.5, 0.6) is 0 Å². The lowest BCUT2D eigenvalue weighted by Gasteiger charge is -2.04. The zero-order chi connectivity index (χ0) is 13.8. The monoisotopic (exact) mass is 390 g/mol. The molecule has 0 saturated carbocycles. The molecule has 100 valence electrons. The second-order valence-corrected chi connectivity index (χ2v) is 5.34. The number of nitrogens with one attached hydrogen (secondary N) is 2. The lowest BCUT2D eigenvalue weighted by atomic mass is 10.2. The average molecular weight is 392 g/mol. The highest BCUT2D eigenvalue weighted by Gasteiger charge is 2.10. The molecule has 0 radical (unpaired) electrons. The Labute approximate surface area is 125 Å². The van der Waals surface area contributed by atoms with Gasteiger partial charge < -0.3 is 4.98 Å². The minimum Gasteiger partial charge on any atom is -0.344 e. The highest BCUT2D eigenvalue weighted by atomic mass is 79.9. The molecule has 0 atom stereocenters. The summed E-state index contributed by atoms with van der Waals surface area (Å²) in [5.41, 5.74) is 3.25. The number of hydrogen-bond acceptors (Lipinski definition) is 2. The standard InChI is InChI=1S/C12H9Br2FN2O2/c13-9-5-10(16-11(9)14)12(18)17-19-6-7-2-1-3-8(15)4-7/h1-5,16H,6H2,(H,17,18). The van der Waals surface area contributed by atoms with Gasteiger partial charge in [0.15, 0.2) is 0 Å². The van der Waals surface area contributed by atoms with Crippen LogP contribution in [0.2, 0.25) is 0 Å². The van der Waals surface area contributed by atoms with Gasteiger partial charge in [0, 0.05) is 0 Å².